The van der Waals surface area contributed by atoms with Gasteiger partial charge >= 0.3 is 12.2 Å². The van der Waals surface area contributed by atoms with E-state index in [4.69, 9.17) is 30.9 Å². The number of hydrogen-bond acceptors (Lipinski definition) is 28. The van der Waals surface area contributed by atoms with Crippen LogP contribution in [0.3, 0.4) is 0 Å². The number of aryl methyl sites for hydroxylation is 3. The lowest BCUT2D eigenvalue weighted by Gasteiger charge is -2.30. The van der Waals surface area contributed by atoms with Crippen LogP contribution in [0.4, 0.5) is 30.0 Å². The minimum atomic E-state index is -0.795. The van der Waals surface area contributed by atoms with Gasteiger partial charge in [0, 0.05) is 125 Å². The van der Waals surface area contributed by atoms with E-state index in [1.54, 1.807) is 38.8 Å². The number of H-pyrrole nitrogens is 1. The molecule has 3 fully saturated rings. The van der Waals surface area contributed by atoms with E-state index >= 15 is 0 Å². The molecule has 0 aromatic carbocycles. The Labute approximate surface area is 907 Å². The lowest BCUT2D eigenvalue weighted by Crippen LogP contribution is -2.41. The number of nitrogens with zero attached hydrogens (tertiary/aromatic N) is 21. The Hall–Kier alpha value is -12.7. The van der Waals surface area contributed by atoms with Gasteiger partial charge in [0.25, 0.3) is 11.8 Å². The predicted octanol–water partition coefficient (Wildman–Crippen LogP) is 22.0. The zero-order chi connectivity index (χ0) is 107. The number of anilines is 2. The third-order valence-corrected chi connectivity index (χ3v) is 25.7. The molecular formula is C104H120Br6F2N28O8. The van der Waals surface area contributed by atoms with Gasteiger partial charge in [-0.3, -0.25) is 24.4 Å². The molecule has 0 bridgehead atoms. The van der Waals surface area contributed by atoms with Crippen LogP contribution < -0.4 is 32.7 Å². The van der Waals surface area contributed by atoms with Crippen LogP contribution in [-0.2, 0) is 40.3 Å². The maximum absolute atomic E-state index is 12.9. The lowest BCUT2D eigenvalue weighted by atomic mass is 9.86. The van der Waals surface area contributed by atoms with Crippen LogP contribution in [0, 0.1) is 29.6 Å². The summed E-state index contributed by atoms with van der Waals surface area (Å²) in [4.78, 5) is 106. The van der Waals surface area contributed by atoms with Gasteiger partial charge in [0.05, 0.1) is 53.8 Å². The zero-order valence-electron chi connectivity index (χ0n) is 84.2. The third kappa shape index (κ3) is 36.1. The number of hydroxylamine groups is 4. The highest BCUT2D eigenvalue weighted by molar-refractivity contribution is 9.11. The maximum atomic E-state index is 12.9. The summed E-state index contributed by atoms with van der Waals surface area (Å²) in [6.07, 6.45) is 21.9. The van der Waals surface area contributed by atoms with Crippen molar-refractivity contribution in [1.82, 2.24) is 120 Å². The van der Waals surface area contributed by atoms with Crippen molar-refractivity contribution in [2.24, 2.45) is 50.4 Å². The summed E-state index contributed by atoms with van der Waals surface area (Å²) in [5.74, 6) is 0.905. The Balaban J connectivity index is 0.000000163. The first kappa shape index (κ1) is 116. The van der Waals surface area contributed by atoms with Gasteiger partial charge in [-0.25, -0.2) is 93.6 Å². The summed E-state index contributed by atoms with van der Waals surface area (Å²) in [6.45, 7) is 13.8. The van der Waals surface area contributed by atoms with Crippen LogP contribution in [-0.4, -0.2) is 211 Å². The van der Waals surface area contributed by atoms with Crippen LogP contribution in [0.15, 0.2) is 247 Å². The number of ether oxygens (including phenoxy) is 2. The van der Waals surface area contributed by atoms with Crippen molar-refractivity contribution in [2.75, 3.05) is 58.6 Å². The topological polar surface area (TPSA) is 449 Å². The SMILES string of the molecule is Brc1cccc(-c2[nH]nc3ncccc23)n1.Brc1cccc(Br)n1.Brc1cccc(Br)n1.CC(C)(C)OC(=O)NC1CCC(CN)CC1.CON(C)C(=O)c1cccnc1F.CON(C)C(=O)c1cccnc1F.Cn1nc(-c2cccc(Br)n2)c2cccnc21.Cn1nc(-c2cccc(NCC3CCC(N)CC3)n2)c2cccnc21.Cn1nc(-c2cccc(NCC3CCC(NC(=O)OC(C)(C)C)CC3)n2)c2cccnc21. The van der Waals surface area contributed by atoms with Gasteiger partial charge in [0.15, 0.2) is 22.6 Å². The quantitative estimate of drug-likeness (QED) is 0.0329. The molecule has 9 N–H and O–H groups in total. The molecule has 16 aromatic heterocycles. The Morgan fingerprint density at radius 1 is 0.405 bits per heavy atom. The van der Waals surface area contributed by atoms with Crippen LogP contribution in [0.5, 0.6) is 0 Å². The Morgan fingerprint density at radius 2 is 0.723 bits per heavy atom. The van der Waals surface area contributed by atoms with E-state index in [0.29, 0.717) is 29.4 Å². The number of halogens is 8. The highest BCUT2D eigenvalue weighted by Crippen LogP contribution is 2.34. The molecule has 148 heavy (non-hydrogen) atoms. The number of aromatic amines is 1. The highest BCUT2D eigenvalue weighted by Gasteiger charge is 2.29. The minimum Gasteiger partial charge on any atom is -0.444 e. The first-order valence-corrected chi connectivity index (χ1v) is 52.3. The molecule has 36 nitrogen and oxygen atoms in total. The Morgan fingerprint density at radius 3 is 1.07 bits per heavy atom. The average molecular weight is 2410 g/mol. The molecule has 780 valence electrons. The second-order valence-corrected chi connectivity index (χ2v) is 41.1. The number of hydrogen-bond donors (Lipinski definition) is 7. The first-order valence-electron chi connectivity index (χ1n) is 47.6. The van der Waals surface area contributed by atoms with Gasteiger partial charge in [0.2, 0.25) is 11.9 Å². The van der Waals surface area contributed by atoms with Crippen molar-refractivity contribution in [3.8, 4) is 45.6 Å². The van der Waals surface area contributed by atoms with Crippen molar-refractivity contribution in [1.29, 1.82) is 0 Å². The number of pyridine rings is 12. The summed E-state index contributed by atoms with van der Waals surface area (Å²) in [7, 11) is 11.1. The van der Waals surface area contributed by atoms with Crippen LogP contribution in [0.1, 0.15) is 139 Å². The number of rotatable bonds is 17. The van der Waals surface area contributed by atoms with E-state index in [-0.39, 0.29) is 35.4 Å². The zero-order valence-corrected chi connectivity index (χ0v) is 93.7. The van der Waals surface area contributed by atoms with E-state index in [1.807, 2.05) is 220 Å². The van der Waals surface area contributed by atoms with Crippen LogP contribution in [0.25, 0.3) is 89.7 Å². The predicted molar refractivity (Wildman–Crippen MR) is 590 cm³/mol. The lowest BCUT2D eigenvalue weighted by molar-refractivity contribution is -0.0760. The molecule has 3 aliphatic rings. The van der Waals surface area contributed by atoms with Gasteiger partial charge in [-0.05, 0) is 384 Å². The molecule has 0 unspecified atom stereocenters. The molecule has 0 saturated heterocycles. The van der Waals surface area contributed by atoms with Crippen molar-refractivity contribution in [3.05, 3.63) is 270 Å². The number of amides is 4. The number of fused-ring (bicyclic) bond motifs is 4. The molecule has 3 saturated carbocycles. The number of carbonyl (C=O) groups excluding carboxylic acids is 4. The normalized spacial score (nSPS) is 15.6. The second kappa shape index (κ2) is 57.2. The summed E-state index contributed by atoms with van der Waals surface area (Å²) in [5.41, 5.74) is 20.7. The van der Waals surface area contributed by atoms with E-state index < -0.39 is 34.9 Å². The standard InChI is InChI=1S/C24H32N6O2.C19H24N6.C12H9BrN4.C12H24N2O2.C11H7BrN4.2C8H9FN2O2.2C5H3Br2N/c1-24(2,3)32-23(31)27-17-12-10-16(11-13-17)15-26-20-9-5-8-19(28-20)21-18-7-6-14-25-22(18)30(4)29-21;1-25-19-15(4-3-11-21-19)18(24-25)16-5-2-6-17(23-16)22-12-13-7-9-14(20)10-8-13;1-17-12-8(4-3-7-14-12)11(16-17)9-5-2-6-10(13)15-9;1-12(2,3)16-11(15)14-10-6-4-9(8-13)5-7-10;12-9-5-1-4-8(14-9)10-7-3-2-6-13-11(7)16-15-10;2*1-11(13-2)8(12)6-4-3-5-10-7(6)9;2*6-4-2-1-3-5(7)8-4/h5-9,14,16-17H,10-13,15H2,1-4H3,(H,26,28)(H,27,31);2-6,11,13-14H,7-10,12,20H2,1H3,(H,22,23);2-7H,1H3;9-10H,4-8,13H2,1-3H3,(H,14,15);1-6H,(H,13,15,16);2*3-5H,1-2H3;2*1-3H. The molecule has 19 rings (SSSR count). The molecule has 0 atom stereocenters. The first-order chi connectivity index (χ1) is 70.9. The van der Waals surface area contributed by atoms with Crippen LogP contribution in [0.2, 0.25) is 0 Å². The summed E-state index contributed by atoms with van der Waals surface area (Å²) < 4.78 is 46.8. The molecule has 0 spiro atoms. The number of aromatic nitrogens is 20. The van der Waals surface area contributed by atoms with Gasteiger partial charge < -0.3 is 42.2 Å². The van der Waals surface area contributed by atoms with Crippen molar-refractivity contribution in [3.63, 3.8) is 0 Å². The molecule has 4 amide bonds. The van der Waals surface area contributed by atoms with Crippen molar-refractivity contribution in [2.45, 2.75) is 148 Å². The smallest absolute Gasteiger partial charge is 0.407 e. The molecule has 0 aliphatic heterocycles. The number of alkyl carbamates (subject to hydrolysis) is 2. The molecule has 44 heteroatoms. The number of nitrogens with two attached hydrogens (primary N) is 2. The summed E-state index contributed by atoms with van der Waals surface area (Å²) in [6, 6.07) is 57.1. The Kier molecular flexibility index (Phi) is 44.7. The molecule has 0 radical (unpaired) electrons. The van der Waals surface area contributed by atoms with Crippen LogP contribution >= 0.6 is 95.6 Å². The second-order valence-electron chi connectivity index (χ2n) is 36.2. The fourth-order valence-electron chi connectivity index (χ4n) is 15.6. The summed E-state index contributed by atoms with van der Waals surface area (Å²) >= 11 is 19.6. The van der Waals surface area contributed by atoms with E-state index in [2.05, 4.69) is 202 Å². The molecular weight excluding hydrogens is 2290 g/mol. The van der Waals surface area contributed by atoms with E-state index in [9.17, 15) is 28.0 Å². The monoisotopic (exact) mass is 2400 g/mol. The average Bonchev–Trinajstić information content (AvgIpc) is 1.65. The van der Waals surface area contributed by atoms with Gasteiger partial charge in [-0.1, -0.05) is 36.4 Å². The third-order valence-electron chi connectivity index (χ3n) is 23.0. The molecule has 3 aliphatic carbocycles. The fraction of sp³-hybridized carbons (Fsp3) is 0.346. The van der Waals surface area contributed by atoms with Crippen molar-refractivity contribution >= 4 is 175 Å². The minimum absolute atomic E-state index is 0.105. The largest absolute Gasteiger partial charge is 0.444 e. The number of nitrogens with one attached hydrogen (secondary N) is 5. The van der Waals surface area contributed by atoms with Gasteiger partial charge in [-0.15, -0.1) is 0 Å². The molecule has 16 heterocycles. The van der Waals surface area contributed by atoms with Gasteiger partial charge in [-0.2, -0.15) is 29.2 Å². The van der Waals surface area contributed by atoms with E-state index in [0.717, 1.165) is 217 Å². The Bertz CT molecular complexity index is 6850. The van der Waals surface area contributed by atoms with Crippen molar-refractivity contribution < 1.29 is 47.1 Å². The number of carbonyl (C=O) groups is 4. The fourth-order valence-corrected chi connectivity index (χ4v) is 18.1. The van der Waals surface area contributed by atoms with Gasteiger partial charge in [0.1, 0.15) is 67.5 Å². The molecule has 16 aromatic rings. The maximum Gasteiger partial charge on any atom is 0.407 e. The summed E-state index contributed by atoms with van der Waals surface area (Å²) in [5, 5.41) is 39.6. The highest BCUT2D eigenvalue weighted by atomic mass is 79.9. The van der Waals surface area contributed by atoms with E-state index in [1.165, 1.54) is 77.8 Å².